The molecule has 1 aromatic rings. The van der Waals surface area contributed by atoms with Crippen LogP contribution in [0, 0.1) is 5.82 Å². The van der Waals surface area contributed by atoms with Crippen molar-refractivity contribution in [3.05, 3.63) is 46.9 Å². The summed E-state index contributed by atoms with van der Waals surface area (Å²) in [5.74, 6) is -2.02. The number of ether oxygens (including phenoxy) is 1. The van der Waals surface area contributed by atoms with Gasteiger partial charge in [-0.3, -0.25) is 9.59 Å². The summed E-state index contributed by atoms with van der Waals surface area (Å²) in [6.45, 7) is 7.20. The quantitative estimate of drug-likeness (QED) is 0.727. The molecule has 1 aromatic carbocycles. The summed E-state index contributed by atoms with van der Waals surface area (Å²) in [7, 11) is 0. The van der Waals surface area contributed by atoms with Crippen molar-refractivity contribution in [2.24, 2.45) is 0 Å². The molecular weight excluding hydrogens is 363 g/mol. The molecule has 0 saturated heterocycles. The zero-order valence-electron chi connectivity index (χ0n) is 16.8. The van der Waals surface area contributed by atoms with Gasteiger partial charge in [0, 0.05) is 24.1 Å². The molecule has 1 N–H and O–H groups in total. The van der Waals surface area contributed by atoms with E-state index in [9.17, 15) is 18.8 Å². The number of benzene rings is 1. The maximum atomic E-state index is 13.3. The van der Waals surface area contributed by atoms with E-state index in [1.807, 2.05) is 13.8 Å². The first-order valence-corrected chi connectivity index (χ1v) is 9.51. The molecule has 7 heteroatoms. The summed E-state index contributed by atoms with van der Waals surface area (Å²) in [5, 5.41) is 2.82. The number of carbonyl (C=O) groups is 3. The Labute approximate surface area is 164 Å². The van der Waals surface area contributed by atoms with E-state index in [-0.39, 0.29) is 37.4 Å². The summed E-state index contributed by atoms with van der Waals surface area (Å²) in [5.41, 5.74) is 1.37. The topological polar surface area (TPSA) is 75.7 Å². The zero-order valence-corrected chi connectivity index (χ0v) is 16.8. The van der Waals surface area contributed by atoms with E-state index in [1.54, 1.807) is 26.0 Å². The molecule has 0 aromatic heterocycles. The Morgan fingerprint density at radius 1 is 1.29 bits per heavy atom. The van der Waals surface area contributed by atoms with Crippen molar-refractivity contribution in [3.63, 3.8) is 0 Å². The van der Waals surface area contributed by atoms with E-state index in [4.69, 9.17) is 4.74 Å². The molecule has 0 aliphatic carbocycles. The van der Waals surface area contributed by atoms with Crippen LogP contribution < -0.4 is 5.32 Å². The number of hydrogen-bond donors (Lipinski definition) is 1. The summed E-state index contributed by atoms with van der Waals surface area (Å²) < 4.78 is 18.5. The predicted molar refractivity (Wildman–Crippen MR) is 103 cm³/mol. The van der Waals surface area contributed by atoms with Crippen molar-refractivity contribution in [1.82, 2.24) is 10.2 Å². The summed E-state index contributed by atoms with van der Waals surface area (Å²) in [6, 6.07) is 5.71. The fourth-order valence-corrected chi connectivity index (χ4v) is 3.22. The number of nitrogens with one attached hydrogen (secondary N) is 1. The Morgan fingerprint density at radius 3 is 2.50 bits per heavy atom. The third-order valence-corrected chi connectivity index (χ3v) is 4.91. The molecule has 1 aliphatic heterocycles. The Balaban J connectivity index is 2.39. The monoisotopic (exact) mass is 390 g/mol. The van der Waals surface area contributed by atoms with Crippen LogP contribution in [0.3, 0.4) is 0 Å². The molecule has 0 saturated carbocycles. The molecule has 152 valence electrons. The van der Waals surface area contributed by atoms with Gasteiger partial charge in [0.15, 0.2) is 0 Å². The third-order valence-electron chi connectivity index (χ3n) is 4.91. The fourth-order valence-electron chi connectivity index (χ4n) is 3.22. The maximum Gasteiger partial charge on any atom is 0.336 e. The van der Waals surface area contributed by atoms with Gasteiger partial charge in [0.25, 0.3) is 0 Å². The van der Waals surface area contributed by atoms with Crippen molar-refractivity contribution >= 4 is 17.8 Å². The second-order valence-electron chi connectivity index (χ2n) is 6.88. The van der Waals surface area contributed by atoms with Crippen LogP contribution >= 0.6 is 0 Å². The molecule has 2 atom stereocenters. The molecular formula is C21H27FN2O4. The molecule has 2 rings (SSSR count). The lowest BCUT2D eigenvalue weighted by molar-refractivity contribution is -0.141. The molecule has 0 unspecified atom stereocenters. The van der Waals surface area contributed by atoms with Gasteiger partial charge < -0.3 is 15.0 Å². The van der Waals surface area contributed by atoms with Gasteiger partial charge in [0.1, 0.15) is 12.4 Å². The third kappa shape index (κ3) is 4.97. The lowest BCUT2D eigenvalue weighted by Crippen LogP contribution is -2.45. The average molecular weight is 390 g/mol. The molecule has 1 heterocycles. The molecule has 1 aliphatic rings. The number of carbonyl (C=O) groups excluding carboxylic acids is 3. The lowest BCUT2D eigenvalue weighted by Gasteiger charge is -2.34. The predicted octanol–water partition coefficient (Wildman–Crippen LogP) is 2.89. The van der Waals surface area contributed by atoms with Crippen molar-refractivity contribution in [2.45, 2.75) is 52.5 Å². The molecule has 0 radical (unpaired) electrons. The second kappa shape index (κ2) is 9.48. The van der Waals surface area contributed by atoms with E-state index < -0.39 is 17.7 Å². The van der Waals surface area contributed by atoms with Crippen LogP contribution in [0.2, 0.25) is 0 Å². The molecule has 0 fully saturated rings. The molecule has 2 amide bonds. The van der Waals surface area contributed by atoms with Gasteiger partial charge in [-0.2, -0.15) is 0 Å². The first kappa shape index (κ1) is 21.6. The van der Waals surface area contributed by atoms with Gasteiger partial charge in [-0.05, 0) is 44.9 Å². The van der Waals surface area contributed by atoms with E-state index in [2.05, 4.69) is 5.32 Å². The van der Waals surface area contributed by atoms with E-state index in [1.165, 1.54) is 17.0 Å². The van der Waals surface area contributed by atoms with Crippen LogP contribution in [0.4, 0.5) is 4.39 Å². The minimum Gasteiger partial charge on any atom is -0.463 e. The number of allylic oxidation sites excluding steroid dienone is 1. The standard InChI is InChI=1S/C21H27FN2O4/c1-5-13(3)23-18(25)12-24-14(4)20(21(27)28-6-2)17(11-19(24)26)15-7-9-16(22)10-8-15/h7-10,13,17H,5-6,11-12H2,1-4H3,(H,23,25)/t13-,17-/m1/s1. The highest BCUT2D eigenvalue weighted by Gasteiger charge is 2.37. The first-order valence-electron chi connectivity index (χ1n) is 9.51. The molecule has 0 spiro atoms. The Morgan fingerprint density at radius 2 is 1.93 bits per heavy atom. The largest absolute Gasteiger partial charge is 0.463 e. The minimum atomic E-state index is -0.541. The fraction of sp³-hybridized carbons (Fsp3) is 0.476. The molecule has 28 heavy (non-hydrogen) atoms. The van der Waals surface area contributed by atoms with Crippen molar-refractivity contribution in [2.75, 3.05) is 13.2 Å². The average Bonchev–Trinajstić information content (AvgIpc) is 2.65. The van der Waals surface area contributed by atoms with Crippen LogP contribution in [-0.2, 0) is 19.1 Å². The van der Waals surface area contributed by atoms with Gasteiger partial charge >= 0.3 is 5.97 Å². The summed E-state index contributed by atoms with van der Waals surface area (Å²) in [6.07, 6.45) is 0.781. The molecule has 0 bridgehead atoms. The minimum absolute atomic E-state index is 0.00632. The highest BCUT2D eigenvalue weighted by Crippen LogP contribution is 2.37. The second-order valence-corrected chi connectivity index (χ2v) is 6.88. The zero-order chi connectivity index (χ0) is 20.8. The van der Waals surface area contributed by atoms with Crippen molar-refractivity contribution in [3.8, 4) is 0 Å². The van der Waals surface area contributed by atoms with Gasteiger partial charge in [-0.1, -0.05) is 19.1 Å². The van der Waals surface area contributed by atoms with E-state index >= 15 is 0 Å². The van der Waals surface area contributed by atoms with E-state index in [0.29, 0.717) is 16.8 Å². The first-order chi connectivity index (χ1) is 13.3. The normalized spacial score (nSPS) is 18.1. The van der Waals surface area contributed by atoms with Crippen LogP contribution in [0.15, 0.2) is 35.5 Å². The van der Waals surface area contributed by atoms with Crippen LogP contribution in [0.5, 0.6) is 0 Å². The molecule has 6 nitrogen and oxygen atoms in total. The lowest BCUT2D eigenvalue weighted by atomic mass is 9.83. The number of amides is 2. The summed E-state index contributed by atoms with van der Waals surface area (Å²) >= 11 is 0. The number of nitrogens with zero attached hydrogens (tertiary/aromatic N) is 1. The van der Waals surface area contributed by atoms with Crippen molar-refractivity contribution in [1.29, 1.82) is 0 Å². The van der Waals surface area contributed by atoms with E-state index in [0.717, 1.165) is 6.42 Å². The Bertz CT molecular complexity index is 773. The number of halogens is 1. The van der Waals surface area contributed by atoms with Gasteiger partial charge in [0.05, 0.1) is 12.2 Å². The SMILES string of the molecule is CCOC(=O)C1=C(C)N(CC(=O)N[C@H](C)CC)C(=O)C[C@@H]1c1ccc(F)cc1. The number of esters is 1. The smallest absolute Gasteiger partial charge is 0.336 e. The Kier molecular flexibility index (Phi) is 7.31. The van der Waals surface area contributed by atoms with Crippen LogP contribution in [-0.4, -0.2) is 41.9 Å². The Hall–Kier alpha value is -2.70. The van der Waals surface area contributed by atoms with Crippen molar-refractivity contribution < 1.29 is 23.5 Å². The maximum absolute atomic E-state index is 13.3. The highest BCUT2D eigenvalue weighted by molar-refractivity contribution is 5.97. The summed E-state index contributed by atoms with van der Waals surface area (Å²) in [4.78, 5) is 39.0. The number of rotatable bonds is 7. The van der Waals surface area contributed by atoms with Crippen LogP contribution in [0.1, 0.15) is 52.0 Å². The van der Waals surface area contributed by atoms with Crippen LogP contribution in [0.25, 0.3) is 0 Å². The number of hydrogen-bond acceptors (Lipinski definition) is 4. The van der Waals surface area contributed by atoms with Gasteiger partial charge in [-0.25, -0.2) is 9.18 Å². The highest BCUT2D eigenvalue weighted by atomic mass is 19.1. The van der Waals surface area contributed by atoms with Gasteiger partial charge in [0.2, 0.25) is 11.8 Å². The van der Waals surface area contributed by atoms with Gasteiger partial charge in [-0.15, -0.1) is 0 Å².